The Hall–Kier alpha value is -4.69. The summed E-state index contributed by atoms with van der Waals surface area (Å²) in [6.45, 7) is 6.54. The van der Waals surface area contributed by atoms with Crippen LogP contribution in [0.3, 0.4) is 0 Å². The van der Waals surface area contributed by atoms with Crippen molar-refractivity contribution < 1.29 is 28.9 Å². The highest BCUT2D eigenvalue weighted by molar-refractivity contribution is 6.15. The van der Waals surface area contributed by atoms with E-state index in [1.165, 1.54) is 38.6 Å². The molecule has 2 aromatic carbocycles. The summed E-state index contributed by atoms with van der Waals surface area (Å²) < 4.78 is 56.8. The normalized spacial score (nSPS) is 12.8. The molecule has 0 atom stereocenters. The fourth-order valence-electron chi connectivity index (χ4n) is 5.62. The van der Waals surface area contributed by atoms with Gasteiger partial charge in [-0.3, -0.25) is 9.80 Å². The second-order valence-electron chi connectivity index (χ2n) is 10.7. The Balaban J connectivity index is 0.00000480. The first-order valence-electron chi connectivity index (χ1n) is 15.0. The van der Waals surface area contributed by atoms with Gasteiger partial charge in [-0.1, -0.05) is 26.0 Å². The van der Waals surface area contributed by atoms with E-state index in [0.717, 1.165) is 60.5 Å². The fourth-order valence-corrected chi connectivity index (χ4v) is 5.62. The van der Waals surface area contributed by atoms with E-state index in [9.17, 15) is 4.79 Å². The Bertz CT molecular complexity index is 1740. The number of rotatable bonds is 11. The van der Waals surface area contributed by atoms with Crippen LogP contribution in [0.15, 0.2) is 42.6 Å². The molecule has 1 N–H and O–H groups in total. The summed E-state index contributed by atoms with van der Waals surface area (Å²) >= 11 is 0. The van der Waals surface area contributed by atoms with Crippen molar-refractivity contribution in [1.29, 1.82) is 0 Å². The molecular weight excluding hydrogens is 583 g/mol. The van der Waals surface area contributed by atoms with Gasteiger partial charge in [-0.05, 0) is 31.2 Å². The van der Waals surface area contributed by atoms with Gasteiger partial charge in [-0.15, -0.1) is 11.8 Å². The number of fused-ring (bicyclic) bond motifs is 3. The summed E-state index contributed by atoms with van der Waals surface area (Å²) in [7, 11) is 2.45. The van der Waals surface area contributed by atoms with Gasteiger partial charge in [-0.2, -0.15) is 0 Å². The Morgan fingerprint density at radius 2 is 1.73 bits per heavy atom. The number of H-pyrrole nitrogens is 1. The molecule has 0 saturated heterocycles. The van der Waals surface area contributed by atoms with E-state index in [0.29, 0.717) is 28.7 Å². The van der Waals surface area contributed by atoms with Crippen LogP contribution in [-0.4, -0.2) is 54.8 Å². The molecule has 4 aromatic rings. The van der Waals surface area contributed by atoms with Crippen molar-refractivity contribution in [2.75, 3.05) is 43.7 Å². The summed E-state index contributed by atoms with van der Waals surface area (Å²) in [5, 5.41) is 0.596. The molecule has 0 radical (unpaired) electrons. The first-order chi connectivity index (χ1) is 21.8. The van der Waals surface area contributed by atoms with Crippen LogP contribution in [0.2, 0.25) is 0 Å². The smallest absolute Gasteiger partial charge is 0.334 e. The number of aromatic amines is 1. The van der Waals surface area contributed by atoms with Crippen LogP contribution in [0.4, 0.5) is 35.0 Å². The predicted molar refractivity (Wildman–Crippen MR) is 171 cm³/mol. The average molecular weight is 622 g/mol. The SMILES string of the molecule is CCC#CCCN(CCC)CCc1cc2c3c(cnc2[nH]1)CN(c1c(F)c(OC)cc(OC)c1F)C(=O)N3c1ccccc1F.[HH]. The van der Waals surface area contributed by atoms with Gasteiger partial charge in [0, 0.05) is 62.7 Å². The number of methoxy groups -OCH3 is 2. The largest absolute Gasteiger partial charge is 0.493 e. The highest BCUT2D eigenvalue weighted by atomic mass is 19.1. The molecule has 0 aliphatic carbocycles. The van der Waals surface area contributed by atoms with Crippen molar-refractivity contribution in [2.45, 2.75) is 46.1 Å². The monoisotopic (exact) mass is 621 g/mol. The number of nitrogens with one attached hydrogen (secondary N) is 1. The molecule has 3 heterocycles. The number of pyridine rings is 1. The van der Waals surface area contributed by atoms with Gasteiger partial charge in [0.25, 0.3) is 0 Å². The molecule has 5 rings (SSSR count). The number of benzene rings is 2. The van der Waals surface area contributed by atoms with Gasteiger partial charge in [0.05, 0.1) is 32.1 Å². The van der Waals surface area contributed by atoms with Crippen molar-refractivity contribution >= 4 is 34.1 Å². The number of urea groups is 1. The van der Waals surface area contributed by atoms with E-state index in [1.807, 2.05) is 13.0 Å². The highest BCUT2D eigenvalue weighted by Crippen LogP contribution is 2.45. The molecule has 2 amide bonds. The maximum atomic E-state index is 15.6. The van der Waals surface area contributed by atoms with Gasteiger partial charge < -0.3 is 19.4 Å². The summed E-state index contributed by atoms with van der Waals surface area (Å²) in [5.74, 6) is 2.85. The van der Waals surface area contributed by atoms with E-state index in [1.54, 1.807) is 6.07 Å². The number of carbonyl (C=O) groups excluding carboxylic acids is 1. The Morgan fingerprint density at radius 3 is 2.40 bits per heavy atom. The zero-order valence-corrected chi connectivity index (χ0v) is 25.8. The molecule has 0 spiro atoms. The minimum absolute atomic E-state index is 0. The molecule has 1 aliphatic heterocycles. The summed E-state index contributed by atoms with van der Waals surface area (Å²) in [6, 6.07) is 7.90. The highest BCUT2D eigenvalue weighted by Gasteiger charge is 2.39. The first-order valence-corrected chi connectivity index (χ1v) is 15.0. The number of ether oxygens (including phenoxy) is 2. The van der Waals surface area contributed by atoms with Crippen LogP contribution in [0.1, 0.15) is 45.8 Å². The third kappa shape index (κ3) is 6.28. The number of para-hydroxylation sites is 1. The van der Waals surface area contributed by atoms with Crippen LogP contribution in [0.5, 0.6) is 11.5 Å². The Morgan fingerprint density at radius 1 is 1.00 bits per heavy atom. The van der Waals surface area contributed by atoms with Crippen molar-refractivity contribution in [1.82, 2.24) is 14.9 Å². The molecule has 2 aromatic heterocycles. The second-order valence-corrected chi connectivity index (χ2v) is 10.7. The molecule has 0 unspecified atom stereocenters. The number of nitrogens with zero attached hydrogens (tertiary/aromatic N) is 4. The Kier molecular flexibility index (Phi) is 9.83. The zero-order valence-electron chi connectivity index (χ0n) is 25.8. The maximum absolute atomic E-state index is 15.6. The summed E-state index contributed by atoms with van der Waals surface area (Å²) in [4.78, 5) is 26.6. The molecule has 45 heavy (non-hydrogen) atoms. The first kappa shape index (κ1) is 31.7. The summed E-state index contributed by atoms with van der Waals surface area (Å²) in [5.41, 5.74) is 1.54. The molecular formula is C34H38F3N5O3. The maximum Gasteiger partial charge on any atom is 0.334 e. The average Bonchev–Trinajstić information content (AvgIpc) is 3.46. The molecule has 8 nitrogen and oxygen atoms in total. The third-order valence-electron chi connectivity index (χ3n) is 7.74. The number of halogens is 3. The third-order valence-corrected chi connectivity index (χ3v) is 7.74. The van der Waals surface area contributed by atoms with E-state index >= 15 is 13.2 Å². The predicted octanol–water partition coefficient (Wildman–Crippen LogP) is 7.58. The Labute approximate surface area is 262 Å². The van der Waals surface area contributed by atoms with E-state index in [4.69, 9.17) is 9.47 Å². The lowest BCUT2D eigenvalue weighted by Gasteiger charge is -2.37. The van der Waals surface area contributed by atoms with Gasteiger partial charge in [-0.25, -0.2) is 22.9 Å². The molecule has 0 fully saturated rings. The van der Waals surface area contributed by atoms with Crippen molar-refractivity contribution in [2.24, 2.45) is 0 Å². The fraction of sp³-hybridized carbons (Fsp3) is 0.353. The van der Waals surface area contributed by atoms with E-state index < -0.39 is 29.2 Å². The quantitative estimate of drug-likeness (QED) is 0.175. The number of hydrogen-bond donors (Lipinski definition) is 1. The lowest BCUT2D eigenvalue weighted by Crippen LogP contribution is -2.46. The molecule has 0 bridgehead atoms. The lowest BCUT2D eigenvalue weighted by atomic mass is 10.1. The van der Waals surface area contributed by atoms with Crippen LogP contribution < -0.4 is 19.3 Å². The number of anilines is 3. The van der Waals surface area contributed by atoms with E-state index in [2.05, 4.69) is 33.6 Å². The van der Waals surface area contributed by atoms with Gasteiger partial charge in [0.15, 0.2) is 23.1 Å². The standard InChI is InChI=1S/C34H36F3N5O3.H2/c1-5-7-8-11-16-40(15-6-2)17-14-23-18-24-31-22(20-38-33(24)39-23)21-41(34(43)42(31)26-13-10-9-12-25(26)35)32-29(36)27(44-3)19-28(45-4)30(32)37;/h9-10,12-13,18-20H,5-6,11,14-17,21H2,1-4H3,(H,38,39);1H. The summed E-state index contributed by atoms with van der Waals surface area (Å²) in [6.07, 6.45) is 4.87. The van der Waals surface area contributed by atoms with Crippen LogP contribution >= 0.6 is 0 Å². The molecule has 0 saturated carbocycles. The van der Waals surface area contributed by atoms with E-state index in [-0.39, 0.29) is 25.2 Å². The molecule has 238 valence electrons. The minimum atomic E-state index is -1.09. The van der Waals surface area contributed by atoms with Crippen LogP contribution in [0.25, 0.3) is 11.0 Å². The van der Waals surface area contributed by atoms with Crippen LogP contribution in [0, 0.1) is 29.3 Å². The van der Waals surface area contributed by atoms with Crippen LogP contribution in [-0.2, 0) is 13.0 Å². The van der Waals surface area contributed by atoms with Gasteiger partial charge >= 0.3 is 6.03 Å². The van der Waals surface area contributed by atoms with Crippen molar-refractivity contribution in [3.63, 3.8) is 0 Å². The zero-order chi connectivity index (χ0) is 32.1. The molecule has 11 heteroatoms. The minimum Gasteiger partial charge on any atom is -0.493 e. The number of hydrogen-bond acceptors (Lipinski definition) is 5. The van der Waals surface area contributed by atoms with Crippen molar-refractivity contribution in [3.05, 3.63) is 71.3 Å². The lowest BCUT2D eigenvalue weighted by molar-refractivity contribution is 0.251. The molecule has 1 aliphatic rings. The number of amides is 2. The van der Waals surface area contributed by atoms with Gasteiger partial charge in [0.1, 0.15) is 17.2 Å². The van der Waals surface area contributed by atoms with Crippen molar-refractivity contribution in [3.8, 4) is 23.3 Å². The number of carbonyl (C=O) groups is 1. The second kappa shape index (κ2) is 13.9. The number of aromatic nitrogens is 2. The van der Waals surface area contributed by atoms with Gasteiger partial charge in [0.2, 0.25) is 0 Å². The topological polar surface area (TPSA) is 73.9 Å².